The average Bonchev–Trinajstić information content (AvgIpc) is 2.15. The van der Waals surface area contributed by atoms with Gasteiger partial charge in [-0.05, 0) is 37.5 Å². The van der Waals surface area contributed by atoms with E-state index < -0.39 is 6.10 Å². The molecule has 0 aromatic heterocycles. The maximum absolute atomic E-state index is 11.6. The van der Waals surface area contributed by atoms with Crippen LogP contribution >= 0.6 is 0 Å². The van der Waals surface area contributed by atoms with Gasteiger partial charge in [0.15, 0.2) is 0 Å². The minimum absolute atomic E-state index is 0.0463. The molecule has 3 heteroatoms. The first-order valence-corrected chi connectivity index (χ1v) is 6.77. The summed E-state index contributed by atoms with van der Waals surface area (Å²) in [5.41, 5.74) is 0. The third kappa shape index (κ3) is 4.66. The molecule has 4 atom stereocenters. The number of aliphatic hydroxyl groups is 1. The lowest BCUT2D eigenvalue weighted by Crippen LogP contribution is -2.36. The molecule has 0 spiro atoms. The smallest absolute Gasteiger partial charge is 0.308 e. The standard InChI is InChI=1S/C14H26O3/c1-9(2)12-6-5-10(3)7-13(12)17-14(16)8-11(4)15/h9-13,15H,5-8H2,1-4H3/t10-,11-,12?,13-/m1/s1. The minimum Gasteiger partial charge on any atom is -0.462 e. The lowest BCUT2D eigenvalue weighted by molar-refractivity contribution is -0.157. The molecule has 0 bridgehead atoms. The first kappa shape index (κ1) is 14.5. The molecule has 100 valence electrons. The number of rotatable bonds is 4. The Morgan fingerprint density at radius 2 is 2.00 bits per heavy atom. The van der Waals surface area contributed by atoms with Gasteiger partial charge >= 0.3 is 5.97 Å². The monoisotopic (exact) mass is 242 g/mol. The van der Waals surface area contributed by atoms with Crippen LogP contribution in [0.15, 0.2) is 0 Å². The zero-order valence-electron chi connectivity index (χ0n) is 11.5. The van der Waals surface area contributed by atoms with Crippen LogP contribution < -0.4 is 0 Å². The normalized spacial score (nSPS) is 31.3. The van der Waals surface area contributed by atoms with Crippen molar-refractivity contribution in [1.29, 1.82) is 0 Å². The molecule has 0 saturated heterocycles. The van der Waals surface area contributed by atoms with E-state index in [1.165, 1.54) is 6.42 Å². The minimum atomic E-state index is -0.610. The molecule has 1 saturated carbocycles. The molecule has 17 heavy (non-hydrogen) atoms. The molecule has 0 aromatic carbocycles. The van der Waals surface area contributed by atoms with Crippen molar-refractivity contribution >= 4 is 5.97 Å². The highest BCUT2D eigenvalue weighted by atomic mass is 16.5. The van der Waals surface area contributed by atoms with E-state index in [1.54, 1.807) is 6.92 Å². The van der Waals surface area contributed by atoms with Gasteiger partial charge in [0.05, 0.1) is 12.5 Å². The van der Waals surface area contributed by atoms with E-state index in [9.17, 15) is 9.90 Å². The van der Waals surface area contributed by atoms with Crippen molar-refractivity contribution < 1.29 is 14.6 Å². The van der Waals surface area contributed by atoms with Crippen molar-refractivity contribution in [2.24, 2.45) is 17.8 Å². The first-order valence-electron chi connectivity index (χ1n) is 6.77. The van der Waals surface area contributed by atoms with Gasteiger partial charge in [0, 0.05) is 0 Å². The van der Waals surface area contributed by atoms with Crippen LogP contribution in [0.1, 0.15) is 53.4 Å². The van der Waals surface area contributed by atoms with Crippen molar-refractivity contribution in [3.8, 4) is 0 Å². The molecule has 0 heterocycles. The molecule has 3 nitrogen and oxygen atoms in total. The molecule has 1 unspecified atom stereocenters. The lowest BCUT2D eigenvalue weighted by Gasteiger charge is -2.36. The van der Waals surface area contributed by atoms with Crippen LogP contribution in [0.3, 0.4) is 0 Å². The van der Waals surface area contributed by atoms with Gasteiger partial charge in [-0.2, -0.15) is 0 Å². The molecule has 1 fully saturated rings. The fraction of sp³-hybridized carbons (Fsp3) is 0.929. The third-order valence-corrected chi connectivity index (χ3v) is 3.71. The van der Waals surface area contributed by atoms with Gasteiger partial charge in [-0.15, -0.1) is 0 Å². The quantitative estimate of drug-likeness (QED) is 0.771. The van der Waals surface area contributed by atoms with E-state index in [-0.39, 0.29) is 18.5 Å². The number of ether oxygens (including phenoxy) is 1. The number of hydrogen-bond donors (Lipinski definition) is 1. The van der Waals surface area contributed by atoms with E-state index in [2.05, 4.69) is 20.8 Å². The zero-order chi connectivity index (χ0) is 13.0. The van der Waals surface area contributed by atoms with Gasteiger partial charge in [0.1, 0.15) is 6.10 Å². The maximum Gasteiger partial charge on any atom is 0.308 e. The summed E-state index contributed by atoms with van der Waals surface area (Å²) in [4.78, 5) is 11.6. The van der Waals surface area contributed by atoms with Gasteiger partial charge in [0.25, 0.3) is 0 Å². The van der Waals surface area contributed by atoms with Crippen LogP contribution in [0.25, 0.3) is 0 Å². The molecule has 0 radical (unpaired) electrons. The molecule has 1 N–H and O–H groups in total. The highest BCUT2D eigenvalue weighted by Gasteiger charge is 2.33. The Labute approximate surface area is 105 Å². The summed E-state index contributed by atoms with van der Waals surface area (Å²) in [7, 11) is 0. The van der Waals surface area contributed by atoms with Crippen LogP contribution in [0.5, 0.6) is 0 Å². The number of esters is 1. The molecule has 1 rings (SSSR count). The van der Waals surface area contributed by atoms with Crippen LogP contribution in [-0.4, -0.2) is 23.3 Å². The second-order valence-corrected chi connectivity index (χ2v) is 5.91. The second kappa shape index (κ2) is 6.39. The van der Waals surface area contributed by atoms with E-state index in [4.69, 9.17) is 4.74 Å². The van der Waals surface area contributed by atoms with Gasteiger partial charge < -0.3 is 9.84 Å². The number of carbonyl (C=O) groups is 1. The predicted molar refractivity (Wildman–Crippen MR) is 67.5 cm³/mol. The summed E-state index contributed by atoms with van der Waals surface area (Å²) in [5, 5.41) is 9.18. The Morgan fingerprint density at radius 1 is 1.35 bits per heavy atom. The maximum atomic E-state index is 11.6. The molecular weight excluding hydrogens is 216 g/mol. The summed E-state index contributed by atoms with van der Waals surface area (Å²) in [5.74, 6) is 1.40. The summed E-state index contributed by atoms with van der Waals surface area (Å²) in [6.45, 7) is 8.21. The van der Waals surface area contributed by atoms with E-state index in [0.29, 0.717) is 17.8 Å². The summed E-state index contributed by atoms with van der Waals surface area (Å²) < 4.78 is 5.55. The summed E-state index contributed by atoms with van der Waals surface area (Å²) in [6.07, 6.45) is 2.88. The second-order valence-electron chi connectivity index (χ2n) is 5.91. The molecule has 0 aliphatic heterocycles. The Kier molecular flexibility index (Phi) is 5.44. The van der Waals surface area contributed by atoms with Crippen molar-refractivity contribution in [2.75, 3.05) is 0 Å². The van der Waals surface area contributed by atoms with Gasteiger partial charge in [0.2, 0.25) is 0 Å². The van der Waals surface area contributed by atoms with Gasteiger partial charge in [-0.3, -0.25) is 4.79 Å². The van der Waals surface area contributed by atoms with Crippen molar-refractivity contribution in [1.82, 2.24) is 0 Å². The number of carbonyl (C=O) groups excluding carboxylic acids is 1. The first-order chi connectivity index (χ1) is 7.90. The Hall–Kier alpha value is -0.570. The number of aliphatic hydroxyl groups excluding tert-OH is 1. The fourth-order valence-corrected chi connectivity index (χ4v) is 2.71. The molecule has 1 aliphatic carbocycles. The molecular formula is C14H26O3. The van der Waals surface area contributed by atoms with Crippen molar-refractivity contribution in [2.45, 2.75) is 65.6 Å². The van der Waals surface area contributed by atoms with E-state index >= 15 is 0 Å². The summed E-state index contributed by atoms with van der Waals surface area (Å²) >= 11 is 0. The van der Waals surface area contributed by atoms with Gasteiger partial charge in [-0.1, -0.05) is 27.2 Å². The van der Waals surface area contributed by atoms with E-state index in [1.807, 2.05) is 0 Å². The highest BCUT2D eigenvalue weighted by molar-refractivity contribution is 5.70. The Balaban J connectivity index is 2.54. The van der Waals surface area contributed by atoms with Crippen LogP contribution in [-0.2, 0) is 9.53 Å². The lowest BCUT2D eigenvalue weighted by atomic mass is 9.75. The SMILES string of the molecule is CC(C)C1CC[C@@H](C)C[C@H]1OC(=O)C[C@@H](C)O. The van der Waals surface area contributed by atoms with Crippen molar-refractivity contribution in [3.05, 3.63) is 0 Å². The topological polar surface area (TPSA) is 46.5 Å². The van der Waals surface area contributed by atoms with Crippen LogP contribution in [0.4, 0.5) is 0 Å². The van der Waals surface area contributed by atoms with Crippen LogP contribution in [0.2, 0.25) is 0 Å². The van der Waals surface area contributed by atoms with Crippen molar-refractivity contribution in [3.63, 3.8) is 0 Å². The van der Waals surface area contributed by atoms with Gasteiger partial charge in [-0.25, -0.2) is 0 Å². The molecule has 1 aliphatic rings. The number of hydrogen-bond acceptors (Lipinski definition) is 3. The Bertz CT molecular complexity index is 248. The molecule has 0 amide bonds. The largest absolute Gasteiger partial charge is 0.462 e. The van der Waals surface area contributed by atoms with Crippen LogP contribution in [0, 0.1) is 17.8 Å². The third-order valence-electron chi connectivity index (χ3n) is 3.71. The summed E-state index contributed by atoms with van der Waals surface area (Å²) in [6, 6.07) is 0. The molecule has 0 aromatic rings. The predicted octanol–water partition coefficient (Wildman–Crippen LogP) is 2.76. The van der Waals surface area contributed by atoms with E-state index in [0.717, 1.165) is 12.8 Å². The zero-order valence-corrected chi connectivity index (χ0v) is 11.5. The highest BCUT2D eigenvalue weighted by Crippen LogP contribution is 2.35. The average molecular weight is 242 g/mol. The Morgan fingerprint density at radius 3 is 2.53 bits per heavy atom. The fourth-order valence-electron chi connectivity index (χ4n) is 2.71.